The molecule has 1 saturated heterocycles. The van der Waals surface area contributed by atoms with Gasteiger partial charge in [-0.05, 0) is 37.4 Å². The fourth-order valence-electron chi connectivity index (χ4n) is 3.22. The van der Waals surface area contributed by atoms with Crippen LogP contribution in [0.15, 0.2) is 30.5 Å². The van der Waals surface area contributed by atoms with Crippen LogP contribution in [0.2, 0.25) is 0 Å². The Hall–Kier alpha value is -1.85. The number of aromatic nitrogens is 1. The summed E-state index contributed by atoms with van der Waals surface area (Å²) in [5, 5.41) is 10.6. The molecule has 5 nitrogen and oxygen atoms in total. The van der Waals surface area contributed by atoms with E-state index in [0.29, 0.717) is 13.1 Å². The first-order valence-corrected chi connectivity index (χ1v) is 7.83. The minimum Gasteiger partial charge on any atom is -0.392 e. The summed E-state index contributed by atoms with van der Waals surface area (Å²) < 4.78 is 0. The molecule has 2 atom stereocenters. The molecule has 0 saturated carbocycles. The number of β-amino-alcohol motifs (C(OH)–C–C–N with tert-alkyl or cyclic N) is 1. The molecule has 0 spiro atoms. The van der Waals surface area contributed by atoms with Gasteiger partial charge in [0.1, 0.15) is 0 Å². The van der Waals surface area contributed by atoms with Gasteiger partial charge in [0.05, 0.1) is 6.10 Å². The number of H-pyrrole nitrogens is 1. The van der Waals surface area contributed by atoms with Crippen LogP contribution in [0.1, 0.15) is 24.2 Å². The standard InChI is InChI=1S/C17H23N3O2/c1-12-10-19(11-13(2)21)7-8-20(12)17(22)15-4-3-14-5-6-18-16(14)9-15/h3-6,9,12-13,18,21H,7-8,10-11H2,1-2H3/t12-,13+/m0/s1. The van der Waals surface area contributed by atoms with Crippen molar-refractivity contribution in [1.29, 1.82) is 0 Å². The molecular formula is C17H23N3O2. The van der Waals surface area contributed by atoms with Crippen molar-refractivity contribution in [2.75, 3.05) is 26.2 Å². The number of hydrogen-bond acceptors (Lipinski definition) is 3. The second-order valence-electron chi connectivity index (χ2n) is 6.24. The number of hydrogen-bond donors (Lipinski definition) is 2. The highest BCUT2D eigenvalue weighted by Crippen LogP contribution is 2.18. The van der Waals surface area contributed by atoms with Crippen LogP contribution in [0.25, 0.3) is 10.9 Å². The third kappa shape index (κ3) is 3.00. The lowest BCUT2D eigenvalue weighted by Crippen LogP contribution is -2.55. The van der Waals surface area contributed by atoms with E-state index >= 15 is 0 Å². The highest BCUT2D eigenvalue weighted by molar-refractivity contribution is 5.98. The predicted octanol–water partition coefficient (Wildman–Crippen LogP) is 1.70. The molecule has 0 unspecified atom stereocenters. The van der Waals surface area contributed by atoms with Crippen molar-refractivity contribution in [3.8, 4) is 0 Å². The Morgan fingerprint density at radius 2 is 2.23 bits per heavy atom. The zero-order valence-corrected chi connectivity index (χ0v) is 13.1. The quantitative estimate of drug-likeness (QED) is 0.907. The molecule has 0 radical (unpaired) electrons. The minimum absolute atomic E-state index is 0.0840. The Balaban J connectivity index is 1.72. The van der Waals surface area contributed by atoms with Crippen LogP contribution >= 0.6 is 0 Å². The van der Waals surface area contributed by atoms with Crippen LogP contribution in [0, 0.1) is 0 Å². The van der Waals surface area contributed by atoms with Crippen molar-refractivity contribution in [3.05, 3.63) is 36.0 Å². The van der Waals surface area contributed by atoms with Gasteiger partial charge in [-0.25, -0.2) is 0 Å². The van der Waals surface area contributed by atoms with E-state index in [4.69, 9.17) is 0 Å². The van der Waals surface area contributed by atoms with Crippen molar-refractivity contribution in [1.82, 2.24) is 14.8 Å². The summed E-state index contributed by atoms with van der Waals surface area (Å²) in [6.45, 7) is 6.86. The molecule has 1 fully saturated rings. The molecule has 0 aliphatic carbocycles. The molecule has 1 aliphatic heterocycles. The number of fused-ring (bicyclic) bond motifs is 1. The van der Waals surface area contributed by atoms with Crippen LogP contribution in [0.3, 0.4) is 0 Å². The highest BCUT2D eigenvalue weighted by atomic mass is 16.3. The number of carbonyl (C=O) groups excluding carboxylic acids is 1. The predicted molar refractivity (Wildman–Crippen MR) is 86.9 cm³/mol. The number of piperazine rings is 1. The topological polar surface area (TPSA) is 59.6 Å². The van der Waals surface area contributed by atoms with Gasteiger partial charge in [0.2, 0.25) is 0 Å². The van der Waals surface area contributed by atoms with Gasteiger partial charge in [-0.3, -0.25) is 9.69 Å². The molecular weight excluding hydrogens is 278 g/mol. The maximum absolute atomic E-state index is 12.7. The van der Waals surface area contributed by atoms with Crippen LogP contribution in [0.4, 0.5) is 0 Å². The Labute approximate surface area is 130 Å². The molecule has 3 rings (SSSR count). The summed E-state index contributed by atoms with van der Waals surface area (Å²) in [7, 11) is 0. The molecule has 22 heavy (non-hydrogen) atoms. The fraction of sp³-hybridized carbons (Fsp3) is 0.471. The summed E-state index contributed by atoms with van der Waals surface area (Å²) in [6.07, 6.45) is 1.56. The molecule has 0 bridgehead atoms. The highest BCUT2D eigenvalue weighted by Gasteiger charge is 2.28. The van der Waals surface area contributed by atoms with E-state index in [9.17, 15) is 9.90 Å². The average molecular weight is 301 g/mol. The number of amides is 1. The number of rotatable bonds is 3. The van der Waals surface area contributed by atoms with Gasteiger partial charge in [0.15, 0.2) is 0 Å². The zero-order valence-electron chi connectivity index (χ0n) is 13.1. The number of aromatic amines is 1. The first-order valence-electron chi connectivity index (χ1n) is 7.83. The first kappa shape index (κ1) is 15.1. The smallest absolute Gasteiger partial charge is 0.254 e. The summed E-state index contributed by atoms with van der Waals surface area (Å²) in [4.78, 5) is 20.0. The lowest BCUT2D eigenvalue weighted by molar-refractivity contribution is 0.0383. The van der Waals surface area contributed by atoms with Crippen molar-refractivity contribution in [2.24, 2.45) is 0 Å². The van der Waals surface area contributed by atoms with Crippen molar-refractivity contribution in [3.63, 3.8) is 0 Å². The van der Waals surface area contributed by atoms with Gasteiger partial charge >= 0.3 is 0 Å². The monoisotopic (exact) mass is 301 g/mol. The number of carbonyl (C=O) groups is 1. The van der Waals surface area contributed by atoms with E-state index in [1.54, 1.807) is 6.92 Å². The number of nitrogens with zero attached hydrogens (tertiary/aromatic N) is 2. The molecule has 2 heterocycles. The van der Waals surface area contributed by atoms with Gasteiger partial charge in [0, 0.05) is 49.5 Å². The first-order chi connectivity index (χ1) is 10.5. The molecule has 118 valence electrons. The van der Waals surface area contributed by atoms with E-state index in [-0.39, 0.29) is 18.1 Å². The Bertz CT molecular complexity index is 665. The van der Waals surface area contributed by atoms with Crippen molar-refractivity contribution >= 4 is 16.8 Å². The molecule has 1 amide bonds. The fourth-order valence-corrected chi connectivity index (χ4v) is 3.22. The van der Waals surface area contributed by atoms with Crippen molar-refractivity contribution in [2.45, 2.75) is 26.0 Å². The number of aliphatic hydroxyl groups excluding tert-OH is 1. The van der Waals surface area contributed by atoms with Gasteiger partial charge in [0.25, 0.3) is 5.91 Å². The van der Waals surface area contributed by atoms with Gasteiger partial charge in [-0.2, -0.15) is 0 Å². The Kier molecular flexibility index (Phi) is 4.18. The lowest BCUT2D eigenvalue weighted by atomic mass is 10.1. The number of benzene rings is 1. The third-order valence-electron chi connectivity index (χ3n) is 4.30. The SMILES string of the molecule is C[C@@H](O)CN1CCN(C(=O)c2ccc3cc[nH]c3c2)[C@@H](C)C1. The van der Waals surface area contributed by atoms with E-state index in [0.717, 1.165) is 29.6 Å². The molecule has 1 aliphatic rings. The largest absolute Gasteiger partial charge is 0.392 e. The van der Waals surface area contributed by atoms with Crippen LogP contribution in [-0.4, -0.2) is 64.1 Å². The molecule has 1 aromatic heterocycles. The third-order valence-corrected chi connectivity index (χ3v) is 4.30. The summed E-state index contributed by atoms with van der Waals surface area (Å²) in [5.74, 6) is 0.0840. The molecule has 1 aromatic carbocycles. The number of aliphatic hydroxyl groups is 1. The Morgan fingerprint density at radius 3 is 2.95 bits per heavy atom. The Morgan fingerprint density at radius 1 is 1.41 bits per heavy atom. The molecule has 2 aromatic rings. The normalized spacial score (nSPS) is 21.2. The van der Waals surface area contributed by atoms with Gasteiger partial charge in [-0.1, -0.05) is 6.07 Å². The summed E-state index contributed by atoms with van der Waals surface area (Å²) in [6, 6.07) is 7.95. The van der Waals surface area contributed by atoms with E-state index in [1.807, 2.05) is 35.4 Å². The van der Waals surface area contributed by atoms with Gasteiger partial charge in [-0.15, -0.1) is 0 Å². The zero-order chi connectivity index (χ0) is 15.7. The van der Waals surface area contributed by atoms with Crippen molar-refractivity contribution < 1.29 is 9.90 Å². The van der Waals surface area contributed by atoms with Gasteiger partial charge < -0.3 is 15.0 Å². The second kappa shape index (κ2) is 6.10. The summed E-state index contributed by atoms with van der Waals surface area (Å²) >= 11 is 0. The van der Waals surface area contributed by atoms with Crippen LogP contribution in [0.5, 0.6) is 0 Å². The molecule has 5 heteroatoms. The second-order valence-corrected chi connectivity index (χ2v) is 6.24. The van der Waals surface area contributed by atoms with E-state index in [1.165, 1.54) is 0 Å². The minimum atomic E-state index is -0.329. The molecule has 2 N–H and O–H groups in total. The lowest BCUT2D eigenvalue weighted by Gasteiger charge is -2.40. The maximum atomic E-state index is 12.7. The van der Waals surface area contributed by atoms with E-state index < -0.39 is 0 Å². The maximum Gasteiger partial charge on any atom is 0.254 e. The van der Waals surface area contributed by atoms with Crippen LogP contribution in [-0.2, 0) is 0 Å². The van der Waals surface area contributed by atoms with E-state index in [2.05, 4.69) is 16.8 Å². The van der Waals surface area contributed by atoms with Crippen LogP contribution < -0.4 is 0 Å². The summed E-state index contributed by atoms with van der Waals surface area (Å²) in [5.41, 5.74) is 1.72. The average Bonchev–Trinajstić information content (AvgIpc) is 2.93. The number of nitrogens with one attached hydrogen (secondary N) is 1.